The van der Waals surface area contributed by atoms with E-state index in [9.17, 15) is 9.59 Å². The minimum atomic E-state index is -1.31. The topological polar surface area (TPSA) is 121 Å². The Kier molecular flexibility index (Phi) is 3.40. The van der Waals surface area contributed by atoms with E-state index in [4.69, 9.17) is 19.7 Å². The van der Waals surface area contributed by atoms with Crippen molar-refractivity contribution in [1.82, 2.24) is 4.98 Å². The molecule has 0 fully saturated rings. The molecule has 1 aromatic heterocycles. The van der Waals surface area contributed by atoms with E-state index in [1.165, 1.54) is 0 Å². The molecule has 15 heavy (non-hydrogen) atoms. The Morgan fingerprint density at radius 2 is 2.00 bits per heavy atom. The molecule has 0 radical (unpaired) electrons. The van der Waals surface area contributed by atoms with Crippen LogP contribution in [-0.4, -0.2) is 38.8 Å². The number of rotatable bonds is 5. The van der Waals surface area contributed by atoms with Crippen LogP contribution in [0.5, 0.6) is 0 Å². The number of carboxylic acids is 2. The molecule has 1 rings (SSSR count). The summed E-state index contributed by atoms with van der Waals surface area (Å²) < 4.78 is 4.89. The molecule has 0 aliphatic rings. The minimum Gasteiger partial charge on any atom is -0.481 e. The van der Waals surface area contributed by atoms with Gasteiger partial charge in [-0.2, -0.15) is 0 Å². The fourth-order valence-electron chi connectivity index (χ4n) is 1.04. The number of carbonyl (C=O) groups is 2. The van der Waals surface area contributed by atoms with Gasteiger partial charge in [-0.25, -0.2) is 9.78 Å². The van der Waals surface area contributed by atoms with Crippen LogP contribution >= 0.6 is 0 Å². The SMILES string of the molecule is O=C(O)Cc1nc(C(=O)O)c(CCO)o1. The first kappa shape index (κ1) is 11.2. The molecule has 0 saturated carbocycles. The van der Waals surface area contributed by atoms with Crippen molar-refractivity contribution in [3.05, 3.63) is 17.3 Å². The van der Waals surface area contributed by atoms with Gasteiger partial charge in [-0.15, -0.1) is 0 Å². The number of nitrogens with zero attached hydrogens (tertiary/aromatic N) is 1. The largest absolute Gasteiger partial charge is 0.481 e. The number of aliphatic carboxylic acids is 1. The molecule has 0 aliphatic heterocycles. The summed E-state index contributed by atoms with van der Waals surface area (Å²) in [5.74, 6) is -2.66. The Morgan fingerprint density at radius 3 is 2.47 bits per heavy atom. The first-order valence-electron chi connectivity index (χ1n) is 4.09. The van der Waals surface area contributed by atoms with E-state index in [-0.39, 0.29) is 30.4 Å². The van der Waals surface area contributed by atoms with Crippen LogP contribution in [0.1, 0.15) is 22.1 Å². The molecule has 0 aliphatic carbocycles. The number of carboxylic acid groups (broad SMARTS) is 2. The molecule has 0 saturated heterocycles. The Balaban J connectivity index is 2.97. The molecule has 0 aromatic carbocycles. The van der Waals surface area contributed by atoms with Crippen molar-refractivity contribution in [2.24, 2.45) is 0 Å². The van der Waals surface area contributed by atoms with Crippen molar-refractivity contribution in [3.8, 4) is 0 Å². The summed E-state index contributed by atoms with van der Waals surface area (Å²) in [4.78, 5) is 24.5. The monoisotopic (exact) mass is 215 g/mol. The lowest BCUT2D eigenvalue weighted by atomic mass is 10.3. The first-order valence-corrected chi connectivity index (χ1v) is 4.09. The first-order chi connectivity index (χ1) is 7.04. The van der Waals surface area contributed by atoms with Crippen LogP contribution in [-0.2, 0) is 17.6 Å². The van der Waals surface area contributed by atoms with Gasteiger partial charge in [0.05, 0.1) is 6.61 Å². The van der Waals surface area contributed by atoms with E-state index in [1.54, 1.807) is 0 Å². The fourth-order valence-corrected chi connectivity index (χ4v) is 1.04. The molecule has 7 heteroatoms. The number of aliphatic hydroxyl groups excluding tert-OH is 1. The number of aromatic carboxylic acids is 1. The maximum atomic E-state index is 10.6. The van der Waals surface area contributed by atoms with E-state index >= 15 is 0 Å². The standard InChI is InChI=1S/C8H9NO6/c10-2-1-4-7(8(13)14)9-5(15-4)3-6(11)12/h10H,1-3H2,(H,11,12)(H,13,14). The lowest BCUT2D eigenvalue weighted by Crippen LogP contribution is -2.03. The molecule has 0 bridgehead atoms. The summed E-state index contributed by atoms with van der Waals surface area (Å²) in [6, 6.07) is 0. The third-order valence-corrected chi connectivity index (χ3v) is 1.59. The third-order valence-electron chi connectivity index (χ3n) is 1.59. The zero-order chi connectivity index (χ0) is 11.4. The zero-order valence-electron chi connectivity index (χ0n) is 7.63. The van der Waals surface area contributed by atoms with Gasteiger partial charge in [0.2, 0.25) is 5.89 Å². The van der Waals surface area contributed by atoms with Crippen LogP contribution in [0.25, 0.3) is 0 Å². The Labute approximate surface area is 84.0 Å². The molecule has 0 unspecified atom stereocenters. The normalized spacial score (nSPS) is 10.2. The minimum absolute atomic E-state index is 0.00570. The van der Waals surface area contributed by atoms with Gasteiger partial charge in [0.25, 0.3) is 0 Å². The summed E-state index contributed by atoms with van der Waals surface area (Å²) in [5.41, 5.74) is -0.347. The number of oxazole rings is 1. The van der Waals surface area contributed by atoms with Gasteiger partial charge in [0.15, 0.2) is 5.69 Å². The van der Waals surface area contributed by atoms with Crippen LogP contribution in [0.3, 0.4) is 0 Å². The van der Waals surface area contributed by atoms with Crippen molar-refractivity contribution in [3.63, 3.8) is 0 Å². The summed E-state index contributed by atoms with van der Waals surface area (Å²) in [5, 5.41) is 25.7. The maximum Gasteiger partial charge on any atom is 0.358 e. The number of aliphatic hydroxyl groups is 1. The van der Waals surface area contributed by atoms with Crippen LogP contribution in [0.15, 0.2) is 4.42 Å². The van der Waals surface area contributed by atoms with Crippen molar-refractivity contribution in [2.75, 3.05) is 6.61 Å². The smallest absolute Gasteiger partial charge is 0.358 e. The summed E-state index contributed by atoms with van der Waals surface area (Å²) in [6.07, 6.45) is -0.486. The van der Waals surface area contributed by atoms with Crippen LogP contribution < -0.4 is 0 Å². The number of hydrogen-bond donors (Lipinski definition) is 3. The van der Waals surface area contributed by atoms with Gasteiger partial charge >= 0.3 is 11.9 Å². The Bertz CT molecular complexity index is 382. The summed E-state index contributed by atoms with van der Waals surface area (Å²) in [7, 11) is 0. The van der Waals surface area contributed by atoms with E-state index < -0.39 is 18.4 Å². The maximum absolute atomic E-state index is 10.6. The highest BCUT2D eigenvalue weighted by atomic mass is 16.4. The number of aromatic nitrogens is 1. The predicted molar refractivity (Wildman–Crippen MR) is 45.6 cm³/mol. The highest BCUT2D eigenvalue weighted by Gasteiger charge is 2.19. The fraction of sp³-hybridized carbons (Fsp3) is 0.375. The van der Waals surface area contributed by atoms with E-state index in [0.29, 0.717) is 0 Å². The quantitative estimate of drug-likeness (QED) is 0.607. The highest BCUT2D eigenvalue weighted by molar-refractivity contribution is 5.86. The van der Waals surface area contributed by atoms with Crippen LogP contribution in [0.2, 0.25) is 0 Å². The Morgan fingerprint density at radius 1 is 1.33 bits per heavy atom. The average Bonchev–Trinajstić information content (AvgIpc) is 2.47. The molecule has 82 valence electrons. The third kappa shape index (κ3) is 2.78. The van der Waals surface area contributed by atoms with Gasteiger partial charge in [-0.3, -0.25) is 4.79 Å². The van der Waals surface area contributed by atoms with Crippen molar-refractivity contribution in [1.29, 1.82) is 0 Å². The van der Waals surface area contributed by atoms with Crippen molar-refractivity contribution in [2.45, 2.75) is 12.8 Å². The average molecular weight is 215 g/mol. The molecular formula is C8H9NO6. The van der Waals surface area contributed by atoms with E-state index in [1.807, 2.05) is 0 Å². The van der Waals surface area contributed by atoms with Crippen molar-refractivity contribution >= 4 is 11.9 Å². The highest BCUT2D eigenvalue weighted by Crippen LogP contribution is 2.12. The second kappa shape index (κ2) is 4.56. The molecule has 7 nitrogen and oxygen atoms in total. The molecule has 0 atom stereocenters. The van der Waals surface area contributed by atoms with Gasteiger partial charge in [0, 0.05) is 6.42 Å². The van der Waals surface area contributed by atoms with E-state index in [0.717, 1.165) is 0 Å². The zero-order valence-corrected chi connectivity index (χ0v) is 7.63. The molecule has 3 N–H and O–H groups in total. The predicted octanol–water partition coefficient (Wildman–Crippen LogP) is -0.465. The van der Waals surface area contributed by atoms with Crippen LogP contribution in [0.4, 0.5) is 0 Å². The summed E-state index contributed by atoms with van der Waals surface area (Å²) in [6.45, 7) is -0.290. The number of hydrogen-bond acceptors (Lipinski definition) is 5. The molecular weight excluding hydrogens is 206 g/mol. The van der Waals surface area contributed by atoms with Gasteiger partial charge in [0.1, 0.15) is 12.2 Å². The second-order valence-electron chi connectivity index (χ2n) is 2.73. The lowest BCUT2D eigenvalue weighted by molar-refractivity contribution is -0.136. The van der Waals surface area contributed by atoms with Gasteiger partial charge in [-0.05, 0) is 0 Å². The van der Waals surface area contributed by atoms with Crippen molar-refractivity contribution < 1.29 is 29.3 Å². The molecule has 0 amide bonds. The lowest BCUT2D eigenvalue weighted by Gasteiger charge is -1.91. The Hall–Kier alpha value is -1.89. The van der Waals surface area contributed by atoms with Gasteiger partial charge < -0.3 is 19.7 Å². The molecule has 1 aromatic rings. The van der Waals surface area contributed by atoms with Gasteiger partial charge in [-0.1, -0.05) is 0 Å². The molecule has 1 heterocycles. The van der Waals surface area contributed by atoms with E-state index in [2.05, 4.69) is 4.98 Å². The second-order valence-corrected chi connectivity index (χ2v) is 2.73. The summed E-state index contributed by atoms with van der Waals surface area (Å²) >= 11 is 0. The molecule has 0 spiro atoms. The van der Waals surface area contributed by atoms with Crippen LogP contribution in [0, 0.1) is 0 Å².